The molecule has 0 bridgehead atoms. The van der Waals surface area contributed by atoms with E-state index in [1.54, 1.807) is 0 Å². The lowest BCUT2D eigenvalue weighted by atomic mass is 9.74. The molecule has 1 saturated carbocycles. The molecule has 2 aliphatic rings. The second-order valence-electron chi connectivity index (χ2n) is 7.67. The smallest absolute Gasteiger partial charge is 0.240 e. The summed E-state index contributed by atoms with van der Waals surface area (Å²) < 4.78 is 5.82. The Morgan fingerprint density at radius 1 is 1.38 bits per heavy atom. The highest BCUT2D eigenvalue weighted by molar-refractivity contribution is 5.86. The summed E-state index contributed by atoms with van der Waals surface area (Å²) in [6.45, 7) is 6.41. The summed E-state index contributed by atoms with van der Waals surface area (Å²) in [5.74, 6) is 1.94. The Kier molecular flexibility index (Phi) is 3.40. The second kappa shape index (κ2) is 4.87. The Bertz CT molecular complexity index is 553. The van der Waals surface area contributed by atoms with Crippen molar-refractivity contribution in [3.8, 4) is 0 Å². The van der Waals surface area contributed by atoms with Gasteiger partial charge in [-0.3, -0.25) is 4.79 Å². The van der Waals surface area contributed by atoms with Crippen molar-refractivity contribution >= 4 is 5.91 Å². The number of aryl methyl sites for hydroxylation is 1. The highest BCUT2D eigenvalue weighted by Crippen LogP contribution is 2.42. The molecule has 4 nitrogen and oxygen atoms in total. The van der Waals surface area contributed by atoms with Crippen LogP contribution >= 0.6 is 0 Å². The monoisotopic (exact) mass is 290 g/mol. The van der Waals surface area contributed by atoms with E-state index in [1.807, 2.05) is 6.92 Å². The van der Waals surface area contributed by atoms with Crippen molar-refractivity contribution in [2.24, 2.45) is 11.1 Å². The minimum absolute atomic E-state index is 0.00695. The summed E-state index contributed by atoms with van der Waals surface area (Å²) in [6, 6.07) is 2.09. The quantitative estimate of drug-likeness (QED) is 0.879. The number of hydrogen-bond donors (Lipinski definition) is 2. The fourth-order valence-corrected chi connectivity index (χ4v) is 3.85. The van der Waals surface area contributed by atoms with Crippen LogP contribution in [0.1, 0.15) is 69.1 Å². The van der Waals surface area contributed by atoms with Gasteiger partial charge in [0.25, 0.3) is 0 Å². The molecule has 1 heterocycles. The standard InChI is InChI=1S/C17H26N2O2/c1-11-8-12-13(9-16(2,3)10-14(12)21-11)19-15(20)17(18)6-4-5-7-17/h8,13H,4-7,9-10,18H2,1-3H3,(H,19,20). The fraction of sp³-hybridized carbons (Fsp3) is 0.706. The number of carbonyl (C=O) groups excluding carboxylic acids is 1. The molecule has 1 fully saturated rings. The van der Waals surface area contributed by atoms with Gasteiger partial charge in [0, 0.05) is 12.0 Å². The van der Waals surface area contributed by atoms with Crippen LogP contribution in [0.15, 0.2) is 10.5 Å². The summed E-state index contributed by atoms with van der Waals surface area (Å²) in [7, 11) is 0. The number of nitrogens with two attached hydrogens (primary N) is 1. The van der Waals surface area contributed by atoms with Gasteiger partial charge in [-0.15, -0.1) is 0 Å². The summed E-state index contributed by atoms with van der Waals surface area (Å²) in [5.41, 5.74) is 6.88. The van der Waals surface area contributed by atoms with Crippen LogP contribution in [0.4, 0.5) is 0 Å². The third kappa shape index (κ3) is 2.73. The Morgan fingerprint density at radius 2 is 2.05 bits per heavy atom. The number of hydrogen-bond acceptors (Lipinski definition) is 3. The maximum Gasteiger partial charge on any atom is 0.240 e. The van der Waals surface area contributed by atoms with Crippen LogP contribution in [0.3, 0.4) is 0 Å². The molecule has 0 aliphatic heterocycles. The van der Waals surface area contributed by atoms with Crippen molar-refractivity contribution in [2.45, 2.75) is 70.9 Å². The molecule has 1 amide bonds. The van der Waals surface area contributed by atoms with Gasteiger partial charge in [-0.1, -0.05) is 26.7 Å². The third-order valence-corrected chi connectivity index (χ3v) is 4.99. The normalized spacial score (nSPS) is 26.4. The molecule has 0 aromatic carbocycles. The zero-order valence-electron chi connectivity index (χ0n) is 13.3. The highest BCUT2D eigenvalue weighted by atomic mass is 16.3. The predicted molar refractivity (Wildman–Crippen MR) is 81.8 cm³/mol. The van der Waals surface area contributed by atoms with Gasteiger partial charge < -0.3 is 15.5 Å². The molecule has 1 atom stereocenters. The van der Waals surface area contributed by atoms with Crippen molar-refractivity contribution < 1.29 is 9.21 Å². The Hall–Kier alpha value is -1.29. The lowest BCUT2D eigenvalue weighted by Gasteiger charge is -2.36. The Labute approximate surface area is 126 Å². The van der Waals surface area contributed by atoms with Crippen molar-refractivity contribution in [1.29, 1.82) is 0 Å². The first-order chi connectivity index (χ1) is 9.79. The minimum atomic E-state index is -0.666. The molecular formula is C17H26N2O2. The van der Waals surface area contributed by atoms with Crippen molar-refractivity contribution in [1.82, 2.24) is 5.32 Å². The largest absolute Gasteiger partial charge is 0.466 e. The average molecular weight is 290 g/mol. The lowest BCUT2D eigenvalue weighted by molar-refractivity contribution is -0.127. The number of nitrogens with one attached hydrogen (secondary N) is 1. The van der Waals surface area contributed by atoms with E-state index in [9.17, 15) is 4.79 Å². The second-order valence-corrected chi connectivity index (χ2v) is 7.67. The van der Waals surface area contributed by atoms with Gasteiger partial charge in [0.1, 0.15) is 11.5 Å². The van der Waals surface area contributed by atoms with Crippen LogP contribution in [-0.4, -0.2) is 11.4 Å². The Balaban J connectivity index is 1.83. The van der Waals surface area contributed by atoms with Gasteiger partial charge in [-0.05, 0) is 37.7 Å². The summed E-state index contributed by atoms with van der Waals surface area (Å²) >= 11 is 0. The molecular weight excluding hydrogens is 264 g/mol. The van der Waals surface area contributed by atoms with E-state index in [4.69, 9.17) is 10.2 Å². The first-order valence-corrected chi connectivity index (χ1v) is 7.98. The maximum absolute atomic E-state index is 12.6. The first-order valence-electron chi connectivity index (χ1n) is 7.98. The number of amides is 1. The summed E-state index contributed by atoms with van der Waals surface area (Å²) in [4.78, 5) is 12.6. The van der Waals surface area contributed by atoms with Crippen LogP contribution in [-0.2, 0) is 11.2 Å². The highest BCUT2D eigenvalue weighted by Gasteiger charge is 2.41. The third-order valence-electron chi connectivity index (χ3n) is 4.99. The molecule has 1 unspecified atom stereocenters. The average Bonchev–Trinajstić information content (AvgIpc) is 2.94. The van der Waals surface area contributed by atoms with E-state index in [2.05, 4.69) is 25.2 Å². The van der Waals surface area contributed by atoms with E-state index in [1.165, 1.54) is 0 Å². The van der Waals surface area contributed by atoms with E-state index < -0.39 is 5.54 Å². The molecule has 21 heavy (non-hydrogen) atoms. The molecule has 3 N–H and O–H groups in total. The van der Waals surface area contributed by atoms with Crippen LogP contribution < -0.4 is 11.1 Å². The van der Waals surface area contributed by atoms with Crippen molar-refractivity contribution in [3.63, 3.8) is 0 Å². The van der Waals surface area contributed by atoms with E-state index in [0.717, 1.165) is 55.6 Å². The van der Waals surface area contributed by atoms with E-state index in [-0.39, 0.29) is 17.4 Å². The number of carbonyl (C=O) groups is 1. The van der Waals surface area contributed by atoms with E-state index in [0.29, 0.717) is 0 Å². The van der Waals surface area contributed by atoms with Gasteiger partial charge in [-0.25, -0.2) is 0 Å². The molecule has 2 aliphatic carbocycles. The fourth-order valence-electron chi connectivity index (χ4n) is 3.85. The molecule has 4 heteroatoms. The van der Waals surface area contributed by atoms with Gasteiger partial charge in [0.2, 0.25) is 5.91 Å². The first kappa shape index (κ1) is 14.6. The molecule has 1 aromatic rings. The Morgan fingerprint density at radius 3 is 2.71 bits per heavy atom. The van der Waals surface area contributed by atoms with Crippen LogP contribution in [0.2, 0.25) is 0 Å². The van der Waals surface area contributed by atoms with Crippen molar-refractivity contribution in [3.05, 3.63) is 23.2 Å². The molecule has 0 spiro atoms. The molecule has 0 radical (unpaired) electrons. The number of fused-ring (bicyclic) bond motifs is 1. The van der Waals surface area contributed by atoms with Gasteiger partial charge in [-0.2, -0.15) is 0 Å². The van der Waals surface area contributed by atoms with Gasteiger partial charge in [0.05, 0.1) is 11.6 Å². The van der Waals surface area contributed by atoms with Gasteiger partial charge in [0.15, 0.2) is 0 Å². The van der Waals surface area contributed by atoms with Crippen LogP contribution in [0.25, 0.3) is 0 Å². The minimum Gasteiger partial charge on any atom is -0.466 e. The maximum atomic E-state index is 12.6. The lowest BCUT2D eigenvalue weighted by Crippen LogP contribution is -2.53. The molecule has 3 rings (SSSR count). The zero-order chi connectivity index (χ0) is 15.3. The summed E-state index contributed by atoms with van der Waals surface area (Å²) in [6.07, 6.45) is 5.56. The molecule has 1 aromatic heterocycles. The topological polar surface area (TPSA) is 68.3 Å². The van der Waals surface area contributed by atoms with Gasteiger partial charge >= 0.3 is 0 Å². The summed E-state index contributed by atoms with van der Waals surface area (Å²) in [5, 5.41) is 3.20. The zero-order valence-corrected chi connectivity index (χ0v) is 13.3. The molecule has 0 saturated heterocycles. The van der Waals surface area contributed by atoms with Crippen molar-refractivity contribution in [2.75, 3.05) is 0 Å². The van der Waals surface area contributed by atoms with E-state index >= 15 is 0 Å². The molecule has 116 valence electrons. The number of rotatable bonds is 2. The SMILES string of the molecule is Cc1cc2c(o1)CC(C)(C)CC2NC(=O)C1(N)CCCC1. The number of furan rings is 1. The van der Waals surface area contributed by atoms with Crippen LogP contribution in [0.5, 0.6) is 0 Å². The predicted octanol–water partition coefficient (Wildman–Crippen LogP) is 2.99. The van der Waals surface area contributed by atoms with Crippen LogP contribution in [0, 0.1) is 12.3 Å².